The smallest absolute Gasteiger partial charge is 0.261 e. The first-order valence-corrected chi connectivity index (χ1v) is 6.16. The Bertz CT molecular complexity index is 557. The lowest BCUT2D eigenvalue weighted by molar-refractivity contribution is -0.127. The van der Waals surface area contributed by atoms with E-state index in [0.717, 1.165) is 5.56 Å². The van der Waals surface area contributed by atoms with E-state index in [1.54, 1.807) is 25.1 Å². The number of ether oxygens (including phenoxy) is 1. The zero-order chi connectivity index (χ0) is 13.8. The van der Waals surface area contributed by atoms with Crippen molar-refractivity contribution >= 4 is 11.7 Å². The topological polar surface area (TPSA) is 55.4 Å². The minimum Gasteiger partial charge on any atom is -0.481 e. The van der Waals surface area contributed by atoms with Gasteiger partial charge in [-0.15, -0.1) is 6.42 Å². The molecular formula is C15H15NO3. The summed E-state index contributed by atoms with van der Waals surface area (Å²) in [5.41, 5.74) is 1.60. The lowest BCUT2D eigenvalue weighted by atomic mass is 10.1. The van der Waals surface area contributed by atoms with E-state index in [9.17, 15) is 9.59 Å². The summed E-state index contributed by atoms with van der Waals surface area (Å²) in [6.45, 7) is 1.83. The number of amides is 1. The van der Waals surface area contributed by atoms with Crippen molar-refractivity contribution in [2.45, 2.75) is 25.9 Å². The first kappa shape index (κ1) is 13.2. The van der Waals surface area contributed by atoms with E-state index in [0.29, 0.717) is 24.2 Å². The van der Waals surface area contributed by atoms with E-state index >= 15 is 0 Å². The number of rotatable bonds is 4. The zero-order valence-electron chi connectivity index (χ0n) is 10.7. The van der Waals surface area contributed by atoms with Crippen LogP contribution in [-0.4, -0.2) is 24.3 Å². The molecule has 0 bridgehead atoms. The van der Waals surface area contributed by atoms with Crippen molar-refractivity contribution in [3.8, 4) is 18.1 Å². The average molecular weight is 257 g/mol. The molecule has 1 atom stereocenters. The van der Waals surface area contributed by atoms with Crippen LogP contribution in [0.25, 0.3) is 0 Å². The number of carbonyl (C=O) groups excluding carboxylic acids is 2. The highest BCUT2D eigenvalue weighted by Gasteiger charge is 2.24. The van der Waals surface area contributed by atoms with E-state index in [2.05, 4.69) is 11.2 Å². The first-order chi connectivity index (χ1) is 9.13. The van der Waals surface area contributed by atoms with Crippen LogP contribution in [0.2, 0.25) is 0 Å². The number of ketones is 1. The minimum absolute atomic E-state index is 0.130. The van der Waals surface area contributed by atoms with Crippen molar-refractivity contribution in [2.24, 2.45) is 0 Å². The van der Waals surface area contributed by atoms with Crippen LogP contribution in [0.3, 0.4) is 0 Å². The lowest BCUT2D eigenvalue weighted by Gasteiger charge is -2.16. The Morgan fingerprint density at radius 2 is 2.32 bits per heavy atom. The van der Waals surface area contributed by atoms with Gasteiger partial charge in [0.05, 0.1) is 6.54 Å². The summed E-state index contributed by atoms with van der Waals surface area (Å²) >= 11 is 0. The molecular weight excluding hydrogens is 242 g/mol. The largest absolute Gasteiger partial charge is 0.481 e. The number of Topliss-reactive ketones (excluding diaryl/α,β-unsaturated/α-hetero) is 1. The van der Waals surface area contributed by atoms with Gasteiger partial charge in [-0.25, -0.2) is 0 Å². The van der Waals surface area contributed by atoms with Gasteiger partial charge in [-0.1, -0.05) is 18.1 Å². The summed E-state index contributed by atoms with van der Waals surface area (Å²) in [7, 11) is 0. The van der Waals surface area contributed by atoms with E-state index in [4.69, 9.17) is 11.2 Å². The second-order valence-electron chi connectivity index (χ2n) is 4.39. The average Bonchev–Trinajstić information content (AvgIpc) is 2.79. The molecule has 1 amide bonds. The molecule has 0 saturated heterocycles. The van der Waals surface area contributed by atoms with E-state index in [1.165, 1.54) is 0 Å². The van der Waals surface area contributed by atoms with Gasteiger partial charge in [0, 0.05) is 17.5 Å². The number of fused-ring (bicyclic) bond motifs is 1. The van der Waals surface area contributed by atoms with Gasteiger partial charge in [-0.3, -0.25) is 9.59 Å². The maximum atomic E-state index is 11.7. The van der Waals surface area contributed by atoms with Gasteiger partial charge in [-0.2, -0.15) is 0 Å². The molecule has 0 aliphatic heterocycles. The van der Waals surface area contributed by atoms with Crippen LogP contribution in [0.1, 0.15) is 29.3 Å². The van der Waals surface area contributed by atoms with E-state index in [-0.39, 0.29) is 18.2 Å². The molecule has 2 rings (SSSR count). The molecule has 1 aromatic carbocycles. The van der Waals surface area contributed by atoms with Gasteiger partial charge in [0.2, 0.25) is 0 Å². The van der Waals surface area contributed by atoms with Crippen molar-refractivity contribution in [2.75, 3.05) is 6.54 Å². The highest BCUT2D eigenvalue weighted by molar-refractivity contribution is 6.01. The predicted octanol–water partition coefficient (Wildman–Crippen LogP) is 1.33. The van der Waals surface area contributed by atoms with Gasteiger partial charge in [0.25, 0.3) is 5.91 Å². The zero-order valence-corrected chi connectivity index (χ0v) is 10.7. The molecule has 4 heteroatoms. The standard InChI is InChI=1S/C15H15NO3/c1-3-9-16-15(18)10(2)19-14-6-4-5-11-12(14)7-8-13(11)17/h1,4-6,10H,7-9H2,2H3,(H,16,18). The Morgan fingerprint density at radius 3 is 3.05 bits per heavy atom. The van der Waals surface area contributed by atoms with Crippen molar-refractivity contribution < 1.29 is 14.3 Å². The van der Waals surface area contributed by atoms with Crippen LogP contribution in [0.4, 0.5) is 0 Å². The van der Waals surface area contributed by atoms with Crippen LogP contribution in [-0.2, 0) is 11.2 Å². The molecule has 1 N–H and O–H groups in total. The molecule has 0 radical (unpaired) electrons. The molecule has 1 aliphatic carbocycles. The SMILES string of the molecule is C#CCNC(=O)C(C)Oc1cccc2c1CCC2=O. The third-order valence-electron chi connectivity index (χ3n) is 3.07. The number of hydrogen-bond donors (Lipinski definition) is 1. The molecule has 98 valence electrons. The highest BCUT2D eigenvalue weighted by Crippen LogP contribution is 2.30. The molecule has 0 spiro atoms. The normalized spacial score (nSPS) is 14.4. The number of nitrogens with one attached hydrogen (secondary N) is 1. The van der Waals surface area contributed by atoms with Crippen LogP contribution in [0.15, 0.2) is 18.2 Å². The van der Waals surface area contributed by atoms with Crippen molar-refractivity contribution in [3.63, 3.8) is 0 Å². The van der Waals surface area contributed by atoms with Crippen LogP contribution >= 0.6 is 0 Å². The van der Waals surface area contributed by atoms with Crippen LogP contribution < -0.4 is 10.1 Å². The summed E-state index contributed by atoms with van der Waals surface area (Å²) in [5, 5.41) is 2.56. The lowest BCUT2D eigenvalue weighted by Crippen LogP contribution is -2.36. The summed E-state index contributed by atoms with van der Waals surface area (Å²) in [6.07, 6.45) is 5.61. The molecule has 0 aromatic heterocycles. The Balaban J connectivity index is 2.10. The fraction of sp³-hybridized carbons (Fsp3) is 0.333. The van der Waals surface area contributed by atoms with Gasteiger partial charge < -0.3 is 10.1 Å². The van der Waals surface area contributed by atoms with Crippen LogP contribution in [0, 0.1) is 12.3 Å². The number of carbonyl (C=O) groups is 2. The highest BCUT2D eigenvalue weighted by atomic mass is 16.5. The molecule has 1 aromatic rings. The third kappa shape index (κ3) is 2.76. The Hall–Kier alpha value is -2.28. The summed E-state index contributed by atoms with van der Waals surface area (Å²) in [5.74, 6) is 2.80. The summed E-state index contributed by atoms with van der Waals surface area (Å²) in [6, 6.07) is 5.34. The van der Waals surface area contributed by atoms with Gasteiger partial charge in [-0.05, 0) is 19.4 Å². The van der Waals surface area contributed by atoms with Gasteiger partial charge in [0.15, 0.2) is 11.9 Å². The predicted molar refractivity (Wildman–Crippen MR) is 71.0 cm³/mol. The maximum absolute atomic E-state index is 11.7. The Kier molecular flexibility index (Phi) is 3.86. The second kappa shape index (κ2) is 5.57. The fourth-order valence-electron chi connectivity index (χ4n) is 2.09. The Labute approximate surface area is 112 Å². The fourth-order valence-corrected chi connectivity index (χ4v) is 2.09. The molecule has 0 saturated carbocycles. The van der Waals surface area contributed by atoms with Crippen LogP contribution in [0.5, 0.6) is 5.75 Å². The first-order valence-electron chi connectivity index (χ1n) is 6.16. The number of terminal acetylenes is 1. The third-order valence-corrected chi connectivity index (χ3v) is 3.07. The monoisotopic (exact) mass is 257 g/mol. The summed E-state index contributed by atoms with van der Waals surface area (Å²) < 4.78 is 5.63. The molecule has 1 unspecified atom stereocenters. The van der Waals surface area contributed by atoms with Crippen molar-refractivity contribution in [1.82, 2.24) is 5.32 Å². The van der Waals surface area contributed by atoms with Gasteiger partial charge in [0.1, 0.15) is 5.75 Å². The van der Waals surface area contributed by atoms with Crippen molar-refractivity contribution in [1.29, 1.82) is 0 Å². The molecule has 1 aliphatic rings. The number of hydrogen-bond acceptors (Lipinski definition) is 3. The summed E-state index contributed by atoms with van der Waals surface area (Å²) in [4.78, 5) is 23.3. The maximum Gasteiger partial charge on any atom is 0.261 e. The minimum atomic E-state index is -0.643. The van der Waals surface area contributed by atoms with Crippen molar-refractivity contribution in [3.05, 3.63) is 29.3 Å². The quantitative estimate of drug-likeness (QED) is 0.828. The molecule has 0 heterocycles. The van der Waals surface area contributed by atoms with Gasteiger partial charge >= 0.3 is 0 Å². The second-order valence-corrected chi connectivity index (χ2v) is 4.39. The Morgan fingerprint density at radius 1 is 1.53 bits per heavy atom. The van der Waals surface area contributed by atoms with E-state index in [1.807, 2.05) is 0 Å². The molecule has 4 nitrogen and oxygen atoms in total. The molecule has 19 heavy (non-hydrogen) atoms. The molecule has 0 fully saturated rings. The number of benzene rings is 1. The van der Waals surface area contributed by atoms with E-state index < -0.39 is 6.10 Å².